The molecule has 1 aromatic carbocycles. The molecule has 3 amide bonds. The summed E-state index contributed by atoms with van der Waals surface area (Å²) < 4.78 is 44.0. The van der Waals surface area contributed by atoms with Gasteiger partial charge in [-0.3, -0.25) is 4.79 Å². The van der Waals surface area contributed by atoms with Crippen LogP contribution in [0.2, 0.25) is 0 Å². The second kappa shape index (κ2) is 7.66. The van der Waals surface area contributed by atoms with E-state index in [1.54, 1.807) is 16.8 Å². The summed E-state index contributed by atoms with van der Waals surface area (Å²) in [5.41, 5.74) is -0.747. The van der Waals surface area contributed by atoms with Gasteiger partial charge in [0, 0.05) is 39.5 Å². The van der Waals surface area contributed by atoms with Crippen molar-refractivity contribution in [2.75, 3.05) is 26.7 Å². The largest absolute Gasteiger partial charge is 0.490 e. The molecular weight excluding hydrogens is 363 g/mol. The monoisotopic (exact) mass is 385 g/mol. The zero-order valence-electron chi connectivity index (χ0n) is 15.0. The molecule has 2 saturated heterocycles. The molecule has 0 aliphatic carbocycles. The number of benzene rings is 1. The zero-order valence-corrected chi connectivity index (χ0v) is 15.0. The van der Waals surface area contributed by atoms with Gasteiger partial charge in [0.05, 0.1) is 5.56 Å². The van der Waals surface area contributed by atoms with E-state index in [0.29, 0.717) is 38.9 Å². The molecule has 0 spiro atoms. The Balaban J connectivity index is 1.49. The molecule has 9 heteroatoms. The molecule has 2 fully saturated rings. The Kier molecular flexibility index (Phi) is 5.48. The summed E-state index contributed by atoms with van der Waals surface area (Å²) in [5.74, 6) is 0.0819. The highest BCUT2D eigenvalue weighted by Gasteiger charge is 2.33. The molecule has 2 heterocycles. The highest BCUT2D eigenvalue weighted by molar-refractivity contribution is 5.88. The number of piperidine rings is 1. The van der Waals surface area contributed by atoms with Crippen LogP contribution in [-0.2, 0) is 11.0 Å². The van der Waals surface area contributed by atoms with Crippen LogP contribution in [0.25, 0.3) is 0 Å². The maximum atomic E-state index is 12.8. The summed E-state index contributed by atoms with van der Waals surface area (Å²) >= 11 is 0. The lowest BCUT2D eigenvalue weighted by molar-refractivity contribution is -0.137. The fourth-order valence-corrected chi connectivity index (χ4v) is 3.31. The standard InChI is InChI=1S/C18H22F3N3O3/c1-23-8-7-15(16(23)25)22-17(26)24-9-5-13(6-10-24)27-14-4-2-3-12(11-14)18(19,20)21/h2-4,11,13,15H,5-10H2,1H3,(H,22,26)/t15-/m1/s1. The molecule has 2 aliphatic rings. The van der Waals surface area contributed by atoms with E-state index in [1.807, 2.05) is 0 Å². The predicted octanol–water partition coefficient (Wildman–Crippen LogP) is 2.49. The minimum Gasteiger partial charge on any atom is -0.490 e. The number of halogens is 3. The Bertz CT molecular complexity index is 703. The third kappa shape index (κ3) is 4.64. The van der Waals surface area contributed by atoms with Crippen molar-refractivity contribution in [3.8, 4) is 5.75 Å². The molecular formula is C18H22F3N3O3. The number of hydrogen-bond acceptors (Lipinski definition) is 3. The predicted molar refractivity (Wildman–Crippen MR) is 91.2 cm³/mol. The normalized spacial score (nSPS) is 21.5. The average Bonchev–Trinajstić information content (AvgIpc) is 2.94. The highest BCUT2D eigenvalue weighted by atomic mass is 19.4. The molecule has 0 unspecified atom stereocenters. The summed E-state index contributed by atoms with van der Waals surface area (Å²) in [6.45, 7) is 1.47. The van der Waals surface area contributed by atoms with Crippen LogP contribution in [0.1, 0.15) is 24.8 Å². The van der Waals surface area contributed by atoms with E-state index < -0.39 is 17.8 Å². The Morgan fingerprint density at radius 2 is 1.89 bits per heavy atom. The van der Waals surface area contributed by atoms with Gasteiger partial charge in [-0.2, -0.15) is 13.2 Å². The van der Waals surface area contributed by atoms with E-state index in [4.69, 9.17) is 4.74 Å². The Hall–Kier alpha value is -2.45. The number of nitrogens with zero attached hydrogens (tertiary/aromatic N) is 2. The van der Waals surface area contributed by atoms with E-state index in [1.165, 1.54) is 12.1 Å². The highest BCUT2D eigenvalue weighted by Crippen LogP contribution is 2.32. The van der Waals surface area contributed by atoms with E-state index in [0.717, 1.165) is 12.1 Å². The lowest BCUT2D eigenvalue weighted by Crippen LogP contribution is -2.50. The third-order valence-corrected chi connectivity index (χ3v) is 4.92. The van der Waals surface area contributed by atoms with Crippen molar-refractivity contribution in [3.05, 3.63) is 29.8 Å². The van der Waals surface area contributed by atoms with Gasteiger partial charge in [-0.15, -0.1) is 0 Å². The van der Waals surface area contributed by atoms with Crippen molar-refractivity contribution in [1.29, 1.82) is 0 Å². The quantitative estimate of drug-likeness (QED) is 0.870. The lowest BCUT2D eigenvalue weighted by Gasteiger charge is -2.32. The van der Waals surface area contributed by atoms with Crippen LogP contribution in [0.3, 0.4) is 0 Å². The van der Waals surface area contributed by atoms with Crippen molar-refractivity contribution in [1.82, 2.24) is 15.1 Å². The number of nitrogens with one attached hydrogen (secondary N) is 1. The maximum absolute atomic E-state index is 12.8. The summed E-state index contributed by atoms with van der Waals surface area (Å²) in [6, 6.07) is 4.03. The summed E-state index contributed by atoms with van der Waals surface area (Å²) in [4.78, 5) is 27.4. The van der Waals surface area contributed by atoms with Crippen molar-refractivity contribution in [3.63, 3.8) is 0 Å². The number of amides is 3. The SMILES string of the molecule is CN1CC[C@@H](NC(=O)N2CCC(Oc3cccc(C(F)(F)F)c3)CC2)C1=O. The molecule has 0 radical (unpaired) electrons. The van der Waals surface area contributed by atoms with E-state index in [9.17, 15) is 22.8 Å². The molecule has 27 heavy (non-hydrogen) atoms. The average molecular weight is 385 g/mol. The van der Waals surface area contributed by atoms with Crippen molar-refractivity contribution in [2.45, 2.75) is 37.6 Å². The van der Waals surface area contributed by atoms with Crippen molar-refractivity contribution in [2.24, 2.45) is 0 Å². The minimum atomic E-state index is -4.41. The van der Waals surface area contributed by atoms with Crippen LogP contribution in [0, 0.1) is 0 Å². The summed E-state index contributed by atoms with van der Waals surface area (Å²) in [6.07, 6.45) is -3.04. The molecule has 1 aromatic rings. The van der Waals surface area contributed by atoms with E-state index in [-0.39, 0.29) is 23.8 Å². The Morgan fingerprint density at radius 1 is 1.19 bits per heavy atom. The lowest BCUT2D eigenvalue weighted by atomic mass is 10.1. The topological polar surface area (TPSA) is 61.9 Å². The van der Waals surface area contributed by atoms with Gasteiger partial charge in [0.15, 0.2) is 0 Å². The first-order valence-corrected chi connectivity index (χ1v) is 8.88. The number of alkyl halides is 3. The molecule has 0 saturated carbocycles. The first-order valence-electron chi connectivity index (χ1n) is 8.88. The van der Waals surface area contributed by atoms with Gasteiger partial charge in [0.1, 0.15) is 17.9 Å². The molecule has 0 bridgehead atoms. The molecule has 2 aliphatic heterocycles. The number of hydrogen-bond donors (Lipinski definition) is 1. The minimum absolute atomic E-state index is 0.0916. The number of carbonyl (C=O) groups is 2. The van der Waals surface area contributed by atoms with Gasteiger partial charge in [0.2, 0.25) is 5.91 Å². The fraction of sp³-hybridized carbons (Fsp3) is 0.556. The molecule has 0 aromatic heterocycles. The number of likely N-dealkylation sites (tertiary alicyclic amines) is 2. The summed E-state index contributed by atoms with van der Waals surface area (Å²) in [7, 11) is 1.70. The first-order chi connectivity index (χ1) is 12.7. The third-order valence-electron chi connectivity index (χ3n) is 4.92. The smallest absolute Gasteiger partial charge is 0.416 e. The number of rotatable bonds is 3. The van der Waals surface area contributed by atoms with Gasteiger partial charge >= 0.3 is 12.2 Å². The zero-order chi connectivity index (χ0) is 19.6. The first kappa shape index (κ1) is 19.3. The van der Waals surface area contributed by atoms with E-state index in [2.05, 4.69) is 5.32 Å². The second-order valence-electron chi connectivity index (χ2n) is 6.88. The number of ether oxygens (including phenoxy) is 1. The van der Waals surface area contributed by atoms with Crippen LogP contribution in [0.15, 0.2) is 24.3 Å². The summed E-state index contributed by atoms with van der Waals surface area (Å²) in [5, 5.41) is 2.75. The molecule has 6 nitrogen and oxygen atoms in total. The van der Waals surface area contributed by atoms with Gasteiger partial charge in [0.25, 0.3) is 0 Å². The maximum Gasteiger partial charge on any atom is 0.416 e. The van der Waals surface area contributed by atoms with Gasteiger partial charge in [-0.05, 0) is 24.6 Å². The number of likely N-dealkylation sites (N-methyl/N-ethyl adjacent to an activating group) is 1. The molecule has 1 N–H and O–H groups in total. The van der Waals surface area contributed by atoms with Crippen LogP contribution in [-0.4, -0.2) is 60.6 Å². The van der Waals surface area contributed by atoms with Gasteiger partial charge in [-0.1, -0.05) is 6.07 Å². The van der Waals surface area contributed by atoms with Crippen molar-refractivity contribution < 1.29 is 27.5 Å². The molecule has 1 atom stereocenters. The Labute approximate surface area is 155 Å². The van der Waals surface area contributed by atoms with E-state index >= 15 is 0 Å². The van der Waals surface area contributed by atoms with Crippen molar-refractivity contribution >= 4 is 11.9 Å². The fourth-order valence-electron chi connectivity index (χ4n) is 3.31. The number of carbonyl (C=O) groups excluding carboxylic acids is 2. The Morgan fingerprint density at radius 3 is 2.48 bits per heavy atom. The number of urea groups is 1. The van der Waals surface area contributed by atoms with Gasteiger partial charge in [-0.25, -0.2) is 4.79 Å². The van der Waals surface area contributed by atoms with Crippen LogP contribution in [0.5, 0.6) is 5.75 Å². The molecule has 3 rings (SSSR count). The van der Waals surface area contributed by atoms with Crippen LogP contribution < -0.4 is 10.1 Å². The molecule has 148 valence electrons. The van der Waals surface area contributed by atoms with Crippen LogP contribution >= 0.6 is 0 Å². The second-order valence-corrected chi connectivity index (χ2v) is 6.88. The van der Waals surface area contributed by atoms with Gasteiger partial charge < -0.3 is 19.9 Å². The van der Waals surface area contributed by atoms with Crippen LogP contribution in [0.4, 0.5) is 18.0 Å².